The maximum absolute atomic E-state index is 10.8. The predicted molar refractivity (Wildman–Crippen MR) is 86.8 cm³/mol. The summed E-state index contributed by atoms with van der Waals surface area (Å²) in [6.07, 6.45) is 4.79. The summed E-state index contributed by atoms with van der Waals surface area (Å²) in [5.41, 5.74) is 4.58. The van der Waals surface area contributed by atoms with Gasteiger partial charge in [0.05, 0.1) is 13.0 Å². The summed E-state index contributed by atoms with van der Waals surface area (Å²) in [5.74, 6) is 0.103. The van der Waals surface area contributed by atoms with Crippen molar-refractivity contribution < 1.29 is 14.6 Å². The lowest BCUT2D eigenvalue weighted by atomic mass is 9.92. The van der Waals surface area contributed by atoms with Crippen LogP contribution in [0.4, 0.5) is 0 Å². The zero-order valence-electron chi connectivity index (χ0n) is 13.5. The molecule has 0 saturated heterocycles. The van der Waals surface area contributed by atoms with Crippen LogP contribution in [0.25, 0.3) is 5.57 Å². The van der Waals surface area contributed by atoms with Gasteiger partial charge in [0.15, 0.2) is 0 Å². The highest BCUT2D eigenvalue weighted by Gasteiger charge is 2.11. The third kappa shape index (κ3) is 5.25. The summed E-state index contributed by atoms with van der Waals surface area (Å²) >= 11 is 0. The minimum atomic E-state index is -0.790. The van der Waals surface area contributed by atoms with Crippen molar-refractivity contribution in [2.24, 2.45) is 0 Å². The first-order chi connectivity index (χ1) is 9.99. The van der Waals surface area contributed by atoms with Crippen molar-refractivity contribution in [2.75, 3.05) is 6.61 Å². The minimum absolute atomic E-state index is 0.0717. The van der Waals surface area contributed by atoms with Crippen molar-refractivity contribution >= 4 is 11.5 Å². The molecule has 1 rings (SSSR count). The highest BCUT2D eigenvalue weighted by atomic mass is 16.5. The van der Waals surface area contributed by atoms with Gasteiger partial charge >= 0.3 is 5.97 Å². The van der Waals surface area contributed by atoms with Crippen LogP contribution in [0, 0.1) is 13.8 Å². The Bertz CT molecular complexity index is 492. The van der Waals surface area contributed by atoms with E-state index < -0.39 is 5.97 Å². The molecule has 0 amide bonds. The van der Waals surface area contributed by atoms with Crippen LogP contribution in [0.2, 0.25) is 0 Å². The molecule has 0 spiro atoms. The van der Waals surface area contributed by atoms with Gasteiger partial charge in [-0.05, 0) is 61.1 Å². The molecule has 0 aromatic heterocycles. The summed E-state index contributed by atoms with van der Waals surface area (Å²) in [4.78, 5) is 10.8. The molecule has 3 nitrogen and oxygen atoms in total. The molecule has 21 heavy (non-hydrogen) atoms. The van der Waals surface area contributed by atoms with E-state index in [1.807, 2.05) is 18.2 Å². The van der Waals surface area contributed by atoms with Crippen LogP contribution in [-0.4, -0.2) is 17.7 Å². The average molecular weight is 290 g/mol. The Morgan fingerprint density at radius 1 is 1.19 bits per heavy atom. The van der Waals surface area contributed by atoms with Crippen molar-refractivity contribution in [2.45, 2.75) is 53.4 Å². The lowest BCUT2D eigenvalue weighted by Crippen LogP contribution is -2.00. The third-order valence-corrected chi connectivity index (χ3v) is 3.34. The van der Waals surface area contributed by atoms with Crippen LogP contribution in [0.3, 0.4) is 0 Å². The molecule has 0 aliphatic heterocycles. The molecule has 0 aliphatic rings. The molecule has 116 valence electrons. The Kier molecular flexibility index (Phi) is 7.00. The topological polar surface area (TPSA) is 46.5 Å². The molecule has 0 radical (unpaired) electrons. The molecule has 0 fully saturated rings. The maximum Gasteiger partial charge on any atom is 0.307 e. The lowest BCUT2D eigenvalue weighted by Gasteiger charge is -2.16. The summed E-state index contributed by atoms with van der Waals surface area (Å²) in [7, 11) is 0. The predicted octanol–water partition coefficient (Wildman–Crippen LogP) is 4.75. The zero-order valence-corrected chi connectivity index (χ0v) is 13.5. The zero-order chi connectivity index (χ0) is 15.8. The number of hydrogen-bond acceptors (Lipinski definition) is 2. The van der Waals surface area contributed by atoms with Crippen molar-refractivity contribution in [3.63, 3.8) is 0 Å². The van der Waals surface area contributed by atoms with Crippen LogP contribution >= 0.6 is 0 Å². The third-order valence-electron chi connectivity index (χ3n) is 3.34. The Hall–Kier alpha value is -1.77. The Labute approximate surface area is 127 Å². The van der Waals surface area contributed by atoms with Crippen LogP contribution < -0.4 is 4.74 Å². The fourth-order valence-electron chi connectivity index (χ4n) is 2.54. The molecule has 1 aromatic rings. The number of carbonyl (C=O) groups is 1. The Morgan fingerprint density at radius 3 is 2.29 bits per heavy atom. The Morgan fingerprint density at radius 2 is 1.81 bits per heavy atom. The van der Waals surface area contributed by atoms with E-state index in [9.17, 15) is 4.79 Å². The standard InChI is InChI=1S/C18H26O3/c1-5-7-15(8-9-17(19)20)18-13(3)11-16(12-14(18)4)21-10-6-2/h8,11-12H,5-7,9-10H2,1-4H3,(H,19,20)/b15-8+. The number of allylic oxidation sites excluding steroid dienone is 1. The van der Waals surface area contributed by atoms with Gasteiger partial charge in [-0.15, -0.1) is 0 Å². The van der Waals surface area contributed by atoms with E-state index >= 15 is 0 Å². The van der Waals surface area contributed by atoms with Gasteiger partial charge in [0.2, 0.25) is 0 Å². The molecule has 0 bridgehead atoms. The lowest BCUT2D eigenvalue weighted by molar-refractivity contribution is -0.135. The fourth-order valence-corrected chi connectivity index (χ4v) is 2.54. The van der Waals surface area contributed by atoms with Crippen molar-refractivity contribution in [1.29, 1.82) is 0 Å². The Balaban J connectivity index is 3.13. The van der Waals surface area contributed by atoms with Crippen LogP contribution in [-0.2, 0) is 4.79 Å². The normalized spacial score (nSPS) is 11.5. The number of ether oxygens (including phenoxy) is 1. The van der Waals surface area contributed by atoms with Gasteiger partial charge in [0.1, 0.15) is 5.75 Å². The van der Waals surface area contributed by atoms with Crippen molar-refractivity contribution in [1.82, 2.24) is 0 Å². The van der Waals surface area contributed by atoms with E-state index in [-0.39, 0.29) is 6.42 Å². The van der Waals surface area contributed by atoms with E-state index in [1.165, 1.54) is 5.56 Å². The summed E-state index contributed by atoms with van der Waals surface area (Å²) in [5, 5.41) is 8.89. The first-order valence-electron chi connectivity index (χ1n) is 7.64. The van der Waals surface area contributed by atoms with Gasteiger partial charge in [-0.25, -0.2) is 0 Å². The number of hydrogen-bond donors (Lipinski definition) is 1. The van der Waals surface area contributed by atoms with Gasteiger partial charge in [-0.2, -0.15) is 0 Å². The van der Waals surface area contributed by atoms with Gasteiger partial charge in [0, 0.05) is 0 Å². The largest absolute Gasteiger partial charge is 0.494 e. The van der Waals surface area contributed by atoms with E-state index in [4.69, 9.17) is 9.84 Å². The molecule has 0 saturated carbocycles. The van der Waals surface area contributed by atoms with E-state index in [2.05, 4.69) is 27.7 Å². The number of aryl methyl sites for hydroxylation is 2. The van der Waals surface area contributed by atoms with E-state index in [0.29, 0.717) is 0 Å². The second kappa shape index (κ2) is 8.50. The molecule has 0 atom stereocenters. The summed E-state index contributed by atoms with van der Waals surface area (Å²) in [6, 6.07) is 4.09. The maximum atomic E-state index is 10.8. The first kappa shape index (κ1) is 17.3. The number of carboxylic acids is 1. The molecule has 3 heteroatoms. The highest BCUT2D eigenvalue weighted by molar-refractivity contribution is 5.76. The highest BCUT2D eigenvalue weighted by Crippen LogP contribution is 2.30. The number of carboxylic acid groups (broad SMARTS) is 1. The van der Waals surface area contributed by atoms with Gasteiger partial charge in [0.25, 0.3) is 0 Å². The van der Waals surface area contributed by atoms with Gasteiger partial charge in [-0.1, -0.05) is 26.3 Å². The molecule has 1 aromatic carbocycles. The second-order valence-electron chi connectivity index (χ2n) is 5.36. The molecular weight excluding hydrogens is 264 g/mol. The second-order valence-corrected chi connectivity index (χ2v) is 5.36. The molecule has 0 aliphatic carbocycles. The number of benzene rings is 1. The first-order valence-corrected chi connectivity index (χ1v) is 7.64. The van der Waals surface area contributed by atoms with Crippen molar-refractivity contribution in [3.05, 3.63) is 34.9 Å². The molecule has 1 N–H and O–H groups in total. The monoisotopic (exact) mass is 290 g/mol. The van der Waals surface area contributed by atoms with Crippen molar-refractivity contribution in [3.8, 4) is 5.75 Å². The summed E-state index contributed by atoms with van der Waals surface area (Å²) in [6.45, 7) is 9.03. The van der Waals surface area contributed by atoms with Crippen LogP contribution in [0.15, 0.2) is 18.2 Å². The SMILES string of the molecule is CCCOc1cc(C)c(/C(=C/CC(=O)O)CCC)c(C)c1. The quantitative estimate of drug-likeness (QED) is 0.751. The smallest absolute Gasteiger partial charge is 0.307 e. The molecule has 0 heterocycles. The molecule has 0 unspecified atom stereocenters. The average Bonchev–Trinajstić information content (AvgIpc) is 2.41. The minimum Gasteiger partial charge on any atom is -0.494 e. The van der Waals surface area contributed by atoms with E-state index in [1.54, 1.807) is 0 Å². The van der Waals surface area contributed by atoms with Crippen LogP contribution in [0.1, 0.15) is 56.2 Å². The number of rotatable bonds is 8. The van der Waals surface area contributed by atoms with Gasteiger partial charge in [-0.3, -0.25) is 4.79 Å². The molecular formula is C18H26O3. The summed E-state index contributed by atoms with van der Waals surface area (Å²) < 4.78 is 5.70. The van der Waals surface area contributed by atoms with Gasteiger partial charge < -0.3 is 9.84 Å². The fraction of sp³-hybridized carbons (Fsp3) is 0.500. The number of aliphatic carboxylic acids is 1. The van der Waals surface area contributed by atoms with E-state index in [0.717, 1.165) is 48.3 Å². The van der Waals surface area contributed by atoms with Crippen LogP contribution in [0.5, 0.6) is 5.75 Å².